The average molecular weight is 197 g/mol. The normalized spacial score (nSPS) is 9.57. The molecule has 0 saturated heterocycles. The summed E-state index contributed by atoms with van der Waals surface area (Å²) in [5.74, 6) is 3.92. The molecule has 0 fully saturated rings. The van der Waals surface area contributed by atoms with Gasteiger partial charge in [0.05, 0.1) is 12.5 Å². The summed E-state index contributed by atoms with van der Waals surface area (Å²) in [7, 11) is 0. The van der Waals surface area contributed by atoms with Crippen LogP contribution in [0.5, 0.6) is 0 Å². The first-order valence-electron chi connectivity index (χ1n) is 4.00. The van der Waals surface area contributed by atoms with Crippen LogP contribution < -0.4 is 10.9 Å². The minimum atomic E-state index is -0.731. The largest absolute Gasteiger partial charge is 0.305 e. The number of rotatable bonds is 3. The number of hydrogen-bond acceptors (Lipinski definition) is 3. The maximum Gasteiger partial charge on any atom is 0.150 e. The van der Waals surface area contributed by atoms with Gasteiger partial charge in [-0.05, 0) is 12.1 Å². The van der Waals surface area contributed by atoms with E-state index in [1.165, 1.54) is 6.07 Å². The molecule has 0 saturated carbocycles. The summed E-state index contributed by atoms with van der Waals surface area (Å²) in [6.45, 7) is 0.0916. The third-order valence-electron chi connectivity index (χ3n) is 1.69. The molecule has 2 N–H and O–H groups in total. The maximum absolute atomic E-state index is 13.1. The highest BCUT2D eigenvalue weighted by Gasteiger charge is 2.12. The number of halogens is 2. The van der Waals surface area contributed by atoms with E-state index < -0.39 is 11.6 Å². The molecule has 1 aromatic rings. The lowest BCUT2D eigenvalue weighted by atomic mass is 10.2. The van der Waals surface area contributed by atoms with E-state index in [1.807, 2.05) is 6.07 Å². The molecular weight excluding hydrogens is 188 g/mol. The molecule has 0 heterocycles. The van der Waals surface area contributed by atoms with Crippen LogP contribution in [-0.4, -0.2) is 6.54 Å². The molecule has 1 aromatic carbocycles. The van der Waals surface area contributed by atoms with E-state index in [0.717, 1.165) is 17.1 Å². The predicted octanol–water partition coefficient (Wildman–Crippen LogP) is 1.56. The zero-order valence-corrected chi connectivity index (χ0v) is 7.37. The number of nitriles is 1. The van der Waals surface area contributed by atoms with Crippen molar-refractivity contribution in [1.29, 1.82) is 5.26 Å². The number of nitrogens with zero attached hydrogens (tertiary/aromatic N) is 2. The zero-order valence-electron chi connectivity index (χ0n) is 7.37. The van der Waals surface area contributed by atoms with Crippen LogP contribution in [-0.2, 0) is 0 Å². The van der Waals surface area contributed by atoms with Gasteiger partial charge in [-0.25, -0.2) is 14.6 Å². The second kappa shape index (κ2) is 4.53. The van der Waals surface area contributed by atoms with Gasteiger partial charge in [0.1, 0.15) is 5.69 Å². The Morgan fingerprint density at radius 1 is 1.36 bits per heavy atom. The average Bonchev–Trinajstić information content (AvgIpc) is 2.14. The third-order valence-corrected chi connectivity index (χ3v) is 1.69. The van der Waals surface area contributed by atoms with Crippen molar-refractivity contribution in [3.05, 3.63) is 29.8 Å². The van der Waals surface area contributed by atoms with Crippen molar-refractivity contribution in [3.8, 4) is 6.07 Å². The molecule has 0 amide bonds. The Balaban J connectivity index is 2.89. The minimum Gasteiger partial charge on any atom is -0.305 e. The van der Waals surface area contributed by atoms with Crippen molar-refractivity contribution >= 4 is 5.69 Å². The predicted molar refractivity (Wildman–Crippen MR) is 48.1 cm³/mol. The number of anilines is 1. The van der Waals surface area contributed by atoms with E-state index in [2.05, 4.69) is 0 Å². The molecule has 0 atom stereocenters. The SMILES string of the molecule is N#CCCN(N)c1c(F)cccc1F. The second-order valence-electron chi connectivity index (χ2n) is 2.67. The van der Waals surface area contributed by atoms with Crippen LogP contribution in [0.2, 0.25) is 0 Å². The van der Waals surface area contributed by atoms with Gasteiger partial charge in [-0.2, -0.15) is 5.26 Å². The highest BCUT2D eigenvalue weighted by molar-refractivity contribution is 5.47. The van der Waals surface area contributed by atoms with Gasteiger partial charge in [-0.15, -0.1) is 0 Å². The molecule has 0 aliphatic carbocycles. The van der Waals surface area contributed by atoms with E-state index >= 15 is 0 Å². The Morgan fingerprint density at radius 3 is 2.43 bits per heavy atom. The first kappa shape index (κ1) is 10.4. The summed E-state index contributed by atoms with van der Waals surface area (Å²) < 4.78 is 26.2. The lowest BCUT2D eigenvalue weighted by Crippen LogP contribution is -2.33. The van der Waals surface area contributed by atoms with Gasteiger partial charge in [0.2, 0.25) is 0 Å². The van der Waals surface area contributed by atoms with Gasteiger partial charge in [0.25, 0.3) is 0 Å². The highest BCUT2D eigenvalue weighted by atomic mass is 19.1. The van der Waals surface area contributed by atoms with Crippen LogP contribution >= 0.6 is 0 Å². The molecule has 5 heteroatoms. The van der Waals surface area contributed by atoms with Crippen molar-refractivity contribution < 1.29 is 8.78 Å². The smallest absolute Gasteiger partial charge is 0.150 e. The standard InChI is InChI=1S/C9H9F2N3/c10-7-3-1-4-8(11)9(7)14(13)6-2-5-12/h1,3-4H,2,6,13H2. The molecule has 0 unspecified atom stereocenters. The summed E-state index contributed by atoms with van der Waals surface area (Å²) in [5, 5.41) is 9.18. The molecule has 14 heavy (non-hydrogen) atoms. The quantitative estimate of drug-likeness (QED) is 0.591. The van der Waals surface area contributed by atoms with Gasteiger partial charge in [-0.3, -0.25) is 0 Å². The summed E-state index contributed by atoms with van der Waals surface area (Å²) in [5.41, 5.74) is -0.303. The highest BCUT2D eigenvalue weighted by Crippen LogP contribution is 2.20. The molecular formula is C9H9F2N3. The van der Waals surface area contributed by atoms with Gasteiger partial charge >= 0.3 is 0 Å². The van der Waals surface area contributed by atoms with Gasteiger partial charge in [0, 0.05) is 6.54 Å². The van der Waals surface area contributed by atoms with Gasteiger partial charge in [-0.1, -0.05) is 6.07 Å². The minimum absolute atomic E-state index is 0.0916. The Morgan fingerprint density at radius 2 is 1.93 bits per heavy atom. The van der Waals surface area contributed by atoms with E-state index in [0.29, 0.717) is 0 Å². The van der Waals surface area contributed by atoms with Crippen LogP contribution in [0.15, 0.2) is 18.2 Å². The summed E-state index contributed by atoms with van der Waals surface area (Å²) in [4.78, 5) is 0. The van der Waals surface area contributed by atoms with Crippen molar-refractivity contribution in [3.63, 3.8) is 0 Å². The van der Waals surface area contributed by atoms with Gasteiger partial charge in [0.15, 0.2) is 11.6 Å². The number of hydrogen-bond donors (Lipinski definition) is 1. The molecule has 3 nitrogen and oxygen atoms in total. The fraction of sp³-hybridized carbons (Fsp3) is 0.222. The van der Waals surface area contributed by atoms with Crippen molar-refractivity contribution in [2.75, 3.05) is 11.6 Å². The van der Waals surface area contributed by atoms with Crippen LogP contribution in [0.4, 0.5) is 14.5 Å². The van der Waals surface area contributed by atoms with Gasteiger partial charge < -0.3 is 5.01 Å². The van der Waals surface area contributed by atoms with E-state index in [4.69, 9.17) is 11.1 Å². The fourth-order valence-corrected chi connectivity index (χ4v) is 1.05. The van der Waals surface area contributed by atoms with E-state index in [1.54, 1.807) is 0 Å². The maximum atomic E-state index is 13.1. The number of nitrogens with two attached hydrogens (primary N) is 1. The summed E-state index contributed by atoms with van der Waals surface area (Å²) >= 11 is 0. The lowest BCUT2D eigenvalue weighted by molar-refractivity contribution is 0.573. The van der Waals surface area contributed by atoms with Crippen LogP contribution in [0.25, 0.3) is 0 Å². The number of hydrazine groups is 1. The lowest BCUT2D eigenvalue weighted by Gasteiger charge is -2.18. The van der Waals surface area contributed by atoms with Crippen LogP contribution in [0.3, 0.4) is 0 Å². The first-order valence-corrected chi connectivity index (χ1v) is 4.00. The molecule has 0 radical (unpaired) electrons. The third kappa shape index (κ3) is 2.18. The zero-order chi connectivity index (χ0) is 10.6. The molecule has 0 bridgehead atoms. The molecule has 74 valence electrons. The second-order valence-corrected chi connectivity index (χ2v) is 2.67. The van der Waals surface area contributed by atoms with Crippen molar-refractivity contribution in [2.24, 2.45) is 5.84 Å². The molecule has 0 aliphatic rings. The Labute approximate surface area is 80.3 Å². The van der Waals surface area contributed by atoms with Crippen molar-refractivity contribution in [2.45, 2.75) is 6.42 Å². The Bertz CT molecular complexity index is 339. The number of benzene rings is 1. The van der Waals surface area contributed by atoms with Crippen molar-refractivity contribution in [1.82, 2.24) is 0 Å². The molecule has 1 rings (SSSR count). The molecule has 0 aromatic heterocycles. The monoisotopic (exact) mass is 197 g/mol. The Kier molecular flexibility index (Phi) is 3.37. The fourth-order valence-electron chi connectivity index (χ4n) is 1.05. The topological polar surface area (TPSA) is 53.0 Å². The summed E-state index contributed by atoms with van der Waals surface area (Å²) in [6, 6.07) is 5.33. The molecule has 0 aliphatic heterocycles. The number of para-hydroxylation sites is 1. The summed E-state index contributed by atoms with van der Waals surface area (Å²) in [6.07, 6.45) is 0.115. The van der Waals surface area contributed by atoms with E-state index in [9.17, 15) is 8.78 Å². The Hall–Kier alpha value is -1.67. The van der Waals surface area contributed by atoms with Crippen LogP contribution in [0.1, 0.15) is 6.42 Å². The van der Waals surface area contributed by atoms with Crippen LogP contribution in [0, 0.1) is 23.0 Å². The van der Waals surface area contributed by atoms with E-state index in [-0.39, 0.29) is 18.7 Å². The molecule has 0 spiro atoms. The first-order chi connectivity index (χ1) is 6.66.